The smallest absolute Gasteiger partial charge is 0.0897 e. The topological polar surface area (TPSA) is 60.0 Å². The Kier molecular flexibility index (Phi) is 8.56. The van der Waals surface area contributed by atoms with Gasteiger partial charge in [0.05, 0.1) is 32.0 Å². The summed E-state index contributed by atoms with van der Waals surface area (Å²) in [5, 5.41) is 12.7. The third-order valence-electron chi connectivity index (χ3n) is 2.65. The van der Waals surface area contributed by atoms with Crippen LogP contribution in [0.5, 0.6) is 0 Å². The van der Waals surface area contributed by atoms with Crippen LogP contribution < -0.4 is 5.32 Å². The molecule has 1 saturated heterocycles. The number of aliphatic hydroxyl groups excluding tert-OH is 1. The van der Waals surface area contributed by atoms with Gasteiger partial charge in [0.1, 0.15) is 0 Å². The molecule has 0 saturated carbocycles. The summed E-state index contributed by atoms with van der Waals surface area (Å²) in [6.07, 6.45) is 1.96. The van der Waals surface area contributed by atoms with Gasteiger partial charge in [0.2, 0.25) is 0 Å². The average molecular weight is 247 g/mol. The van der Waals surface area contributed by atoms with Crippen molar-refractivity contribution in [2.75, 3.05) is 46.1 Å². The minimum Gasteiger partial charge on any atom is -0.389 e. The minimum atomic E-state index is -0.460. The van der Waals surface area contributed by atoms with Crippen LogP contribution in [0.1, 0.15) is 19.8 Å². The molecule has 2 unspecified atom stereocenters. The van der Waals surface area contributed by atoms with Crippen molar-refractivity contribution in [3.05, 3.63) is 0 Å². The lowest BCUT2D eigenvalue weighted by molar-refractivity contribution is -0.0166. The van der Waals surface area contributed by atoms with Gasteiger partial charge in [-0.3, -0.25) is 0 Å². The van der Waals surface area contributed by atoms with E-state index in [1.165, 1.54) is 0 Å². The first-order valence-electron chi connectivity index (χ1n) is 6.48. The molecule has 0 aromatic carbocycles. The Labute approximate surface area is 103 Å². The Morgan fingerprint density at radius 2 is 2.35 bits per heavy atom. The van der Waals surface area contributed by atoms with Gasteiger partial charge in [-0.2, -0.15) is 0 Å². The van der Waals surface area contributed by atoms with Crippen LogP contribution in [-0.2, 0) is 14.2 Å². The van der Waals surface area contributed by atoms with E-state index in [0.717, 1.165) is 32.6 Å². The fourth-order valence-electron chi connectivity index (χ4n) is 1.73. The summed E-state index contributed by atoms with van der Waals surface area (Å²) in [7, 11) is 0. The van der Waals surface area contributed by atoms with E-state index in [-0.39, 0.29) is 6.10 Å². The van der Waals surface area contributed by atoms with Crippen molar-refractivity contribution in [1.82, 2.24) is 5.32 Å². The molecule has 1 rings (SSSR count). The number of nitrogens with one attached hydrogen (secondary N) is 1. The summed E-state index contributed by atoms with van der Waals surface area (Å²) in [5.74, 6) is 0. The molecule has 0 aliphatic carbocycles. The highest BCUT2D eigenvalue weighted by atomic mass is 16.5. The van der Waals surface area contributed by atoms with Gasteiger partial charge in [-0.05, 0) is 19.8 Å². The van der Waals surface area contributed by atoms with Gasteiger partial charge < -0.3 is 24.6 Å². The molecule has 0 aromatic heterocycles. The van der Waals surface area contributed by atoms with Crippen molar-refractivity contribution in [2.24, 2.45) is 0 Å². The van der Waals surface area contributed by atoms with Crippen molar-refractivity contribution >= 4 is 0 Å². The first kappa shape index (κ1) is 14.9. The summed E-state index contributed by atoms with van der Waals surface area (Å²) in [5.41, 5.74) is 0. The second-order valence-electron chi connectivity index (χ2n) is 4.23. The van der Waals surface area contributed by atoms with E-state index in [0.29, 0.717) is 26.4 Å². The summed E-state index contributed by atoms with van der Waals surface area (Å²) < 4.78 is 16.0. The quantitative estimate of drug-likeness (QED) is 0.539. The monoisotopic (exact) mass is 247 g/mol. The lowest BCUT2D eigenvalue weighted by Crippen LogP contribution is -2.33. The van der Waals surface area contributed by atoms with Crippen LogP contribution in [0.3, 0.4) is 0 Å². The Bertz CT molecular complexity index is 174. The minimum absolute atomic E-state index is 0.230. The predicted octanol–water partition coefficient (Wildman–Crippen LogP) is 0.169. The Balaban J connectivity index is 1.84. The Morgan fingerprint density at radius 3 is 3.06 bits per heavy atom. The zero-order valence-corrected chi connectivity index (χ0v) is 10.7. The highest BCUT2D eigenvalue weighted by Crippen LogP contribution is 2.11. The summed E-state index contributed by atoms with van der Waals surface area (Å²) in [6, 6.07) is 0. The molecule has 0 aromatic rings. The maximum Gasteiger partial charge on any atom is 0.0897 e. The molecule has 102 valence electrons. The molecule has 0 bridgehead atoms. The predicted molar refractivity (Wildman–Crippen MR) is 65.2 cm³/mol. The zero-order valence-electron chi connectivity index (χ0n) is 10.7. The number of hydrogen-bond donors (Lipinski definition) is 2. The van der Waals surface area contributed by atoms with Gasteiger partial charge in [-0.15, -0.1) is 0 Å². The molecule has 5 nitrogen and oxygen atoms in total. The first-order chi connectivity index (χ1) is 8.33. The molecule has 0 spiro atoms. The van der Waals surface area contributed by atoms with Crippen molar-refractivity contribution in [3.8, 4) is 0 Å². The molecular formula is C12H25NO4. The molecule has 5 heteroatoms. The van der Waals surface area contributed by atoms with Crippen LogP contribution in [-0.4, -0.2) is 63.4 Å². The van der Waals surface area contributed by atoms with Gasteiger partial charge in [-0.25, -0.2) is 0 Å². The molecule has 2 atom stereocenters. The van der Waals surface area contributed by atoms with Crippen LogP contribution in [0.4, 0.5) is 0 Å². The molecule has 0 radical (unpaired) electrons. The largest absolute Gasteiger partial charge is 0.389 e. The highest BCUT2D eigenvalue weighted by Gasteiger charge is 2.15. The van der Waals surface area contributed by atoms with Crippen LogP contribution in [0.2, 0.25) is 0 Å². The number of ether oxygens (including phenoxy) is 3. The van der Waals surface area contributed by atoms with Crippen molar-refractivity contribution in [3.63, 3.8) is 0 Å². The van der Waals surface area contributed by atoms with Crippen LogP contribution in [0.15, 0.2) is 0 Å². The normalized spacial score (nSPS) is 21.9. The highest BCUT2D eigenvalue weighted by molar-refractivity contribution is 4.64. The Hall–Kier alpha value is -0.200. The van der Waals surface area contributed by atoms with Crippen molar-refractivity contribution < 1.29 is 19.3 Å². The molecular weight excluding hydrogens is 222 g/mol. The second kappa shape index (κ2) is 9.79. The maximum absolute atomic E-state index is 9.61. The van der Waals surface area contributed by atoms with E-state index < -0.39 is 6.10 Å². The van der Waals surface area contributed by atoms with Gasteiger partial charge in [0.25, 0.3) is 0 Å². The van der Waals surface area contributed by atoms with E-state index in [2.05, 4.69) is 5.32 Å². The molecule has 0 amide bonds. The van der Waals surface area contributed by atoms with Crippen molar-refractivity contribution in [1.29, 1.82) is 0 Å². The van der Waals surface area contributed by atoms with Crippen molar-refractivity contribution in [2.45, 2.75) is 32.0 Å². The molecule has 1 fully saturated rings. The van der Waals surface area contributed by atoms with E-state index in [4.69, 9.17) is 14.2 Å². The van der Waals surface area contributed by atoms with Crippen LogP contribution in [0, 0.1) is 0 Å². The molecule has 17 heavy (non-hydrogen) atoms. The zero-order chi connectivity index (χ0) is 12.3. The van der Waals surface area contributed by atoms with E-state index >= 15 is 0 Å². The summed E-state index contributed by atoms with van der Waals surface area (Å²) in [6.45, 7) is 6.48. The first-order valence-corrected chi connectivity index (χ1v) is 6.48. The summed E-state index contributed by atoms with van der Waals surface area (Å²) >= 11 is 0. The maximum atomic E-state index is 9.61. The fourth-order valence-corrected chi connectivity index (χ4v) is 1.73. The number of hydrogen-bond acceptors (Lipinski definition) is 5. The third-order valence-corrected chi connectivity index (χ3v) is 2.65. The second-order valence-corrected chi connectivity index (χ2v) is 4.23. The van der Waals surface area contributed by atoms with E-state index in [9.17, 15) is 5.11 Å². The fraction of sp³-hybridized carbons (Fsp3) is 1.00. The van der Waals surface area contributed by atoms with Gasteiger partial charge in [-0.1, -0.05) is 0 Å². The molecule has 1 heterocycles. The Morgan fingerprint density at radius 1 is 1.47 bits per heavy atom. The SMILES string of the molecule is CCOCCNCC(O)COCC1CCCO1. The van der Waals surface area contributed by atoms with Gasteiger partial charge in [0, 0.05) is 26.3 Å². The molecule has 1 aliphatic rings. The van der Waals surface area contributed by atoms with E-state index in [1.807, 2.05) is 6.92 Å². The number of aliphatic hydroxyl groups is 1. The average Bonchev–Trinajstić information content (AvgIpc) is 2.82. The molecule has 2 N–H and O–H groups in total. The van der Waals surface area contributed by atoms with Crippen LogP contribution in [0.25, 0.3) is 0 Å². The lowest BCUT2D eigenvalue weighted by atomic mass is 10.2. The van der Waals surface area contributed by atoms with E-state index in [1.54, 1.807) is 0 Å². The molecule has 1 aliphatic heterocycles. The van der Waals surface area contributed by atoms with Gasteiger partial charge >= 0.3 is 0 Å². The standard InChI is InChI=1S/C12H25NO4/c1-2-15-7-5-13-8-11(14)9-16-10-12-4-3-6-17-12/h11-14H,2-10H2,1H3. The van der Waals surface area contributed by atoms with Crippen LogP contribution >= 0.6 is 0 Å². The number of rotatable bonds is 10. The van der Waals surface area contributed by atoms with Gasteiger partial charge in [0.15, 0.2) is 0 Å². The lowest BCUT2D eigenvalue weighted by Gasteiger charge is -2.14. The third kappa shape index (κ3) is 7.68. The summed E-state index contributed by atoms with van der Waals surface area (Å²) in [4.78, 5) is 0.